The maximum Gasteiger partial charge on any atom is 0.237 e. The van der Waals surface area contributed by atoms with E-state index in [1.807, 2.05) is 4.90 Å². The van der Waals surface area contributed by atoms with Crippen molar-refractivity contribution in [3.63, 3.8) is 0 Å². The predicted octanol–water partition coefficient (Wildman–Crippen LogP) is 2.35. The Labute approximate surface area is 156 Å². The summed E-state index contributed by atoms with van der Waals surface area (Å²) < 4.78 is 5.42. The highest BCUT2D eigenvalue weighted by atomic mass is 16.5. The first-order valence-corrected chi connectivity index (χ1v) is 9.84. The molecule has 1 atom stereocenters. The molecule has 1 aliphatic heterocycles. The fourth-order valence-corrected chi connectivity index (χ4v) is 4.46. The van der Waals surface area contributed by atoms with Crippen LogP contribution in [0, 0.1) is 6.92 Å². The fraction of sp³-hybridized carbons (Fsp3) is 0.667. The molecule has 1 saturated carbocycles. The molecule has 1 heterocycles. The molecule has 1 fully saturated rings. The number of carbonyl (C=O) groups excluding carboxylic acids is 1. The van der Waals surface area contributed by atoms with Gasteiger partial charge in [0.15, 0.2) is 0 Å². The van der Waals surface area contributed by atoms with Gasteiger partial charge in [-0.2, -0.15) is 0 Å². The standard InChI is InChI=1S/C21H32N2O3/c1-16-7-6-8-18-17(16)9-12-23(19(18)14-26-2)20(24)13-22-15-21(25)10-4-3-5-11-21/h6-8,19,22,25H,3-5,9-15H2,1-2H3/t19-/m1/s1. The zero-order valence-electron chi connectivity index (χ0n) is 16.1. The Kier molecular flexibility index (Phi) is 6.33. The highest BCUT2D eigenvalue weighted by Gasteiger charge is 2.32. The van der Waals surface area contributed by atoms with E-state index in [1.165, 1.54) is 23.1 Å². The van der Waals surface area contributed by atoms with Crippen LogP contribution in [0.1, 0.15) is 54.8 Å². The average molecular weight is 360 g/mol. The minimum atomic E-state index is -0.643. The summed E-state index contributed by atoms with van der Waals surface area (Å²) in [5.41, 5.74) is 3.20. The van der Waals surface area contributed by atoms with Crippen molar-refractivity contribution in [2.24, 2.45) is 0 Å². The van der Waals surface area contributed by atoms with Crippen LogP contribution in [0.3, 0.4) is 0 Å². The third-order valence-corrected chi connectivity index (χ3v) is 5.94. The number of aryl methyl sites for hydroxylation is 1. The van der Waals surface area contributed by atoms with Crippen molar-refractivity contribution in [1.29, 1.82) is 0 Å². The second kappa shape index (κ2) is 8.51. The van der Waals surface area contributed by atoms with Crippen LogP contribution in [-0.2, 0) is 16.0 Å². The molecule has 1 aromatic rings. The molecular formula is C21H32N2O3. The number of amides is 1. The molecule has 0 radical (unpaired) electrons. The van der Waals surface area contributed by atoms with Gasteiger partial charge < -0.3 is 20.1 Å². The van der Waals surface area contributed by atoms with Crippen LogP contribution in [0.2, 0.25) is 0 Å². The minimum absolute atomic E-state index is 0.0317. The number of carbonyl (C=O) groups is 1. The second-order valence-electron chi connectivity index (χ2n) is 7.84. The molecule has 0 aromatic heterocycles. The molecule has 26 heavy (non-hydrogen) atoms. The normalized spacial score (nSPS) is 22.1. The summed E-state index contributed by atoms with van der Waals surface area (Å²) in [7, 11) is 1.68. The van der Waals surface area contributed by atoms with Gasteiger partial charge in [0.25, 0.3) is 0 Å². The van der Waals surface area contributed by atoms with E-state index in [0.29, 0.717) is 13.2 Å². The van der Waals surface area contributed by atoms with Gasteiger partial charge >= 0.3 is 0 Å². The van der Waals surface area contributed by atoms with Crippen molar-refractivity contribution in [2.75, 3.05) is 33.4 Å². The topological polar surface area (TPSA) is 61.8 Å². The Morgan fingerprint density at radius 2 is 2.12 bits per heavy atom. The summed E-state index contributed by atoms with van der Waals surface area (Å²) in [6.45, 7) is 4.12. The molecule has 2 aliphatic rings. The molecule has 1 aliphatic carbocycles. The van der Waals surface area contributed by atoms with Crippen LogP contribution >= 0.6 is 0 Å². The van der Waals surface area contributed by atoms with Gasteiger partial charge in [0.05, 0.1) is 24.8 Å². The smallest absolute Gasteiger partial charge is 0.237 e. The maximum absolute atomic E-state index is 12.9. The monoisotopic (exact) mass is 360 g/mol. The Morgan fingerprint density at radius 3 is 2.85 bits per heavy atom. The Balaban J connectivity index is 1.63. The summed E-state index contributed by atoms with van der Waals surface area (Å²) >= 11 is 0. The second-order valence-corrected chi connectivity index (χ2v) is 7.84. The highest BCUT2D eigenvalue weighted by Crippen LogP contribution is 2.32. The van der Waals surface area contributed by atoms with E-state index in [2.05, 4.69) is 30.4 Å². The molecule has 144 valence electrons. The zero-order valence-corrected chi connectivity index (χ0v) is 16.1. The lowest BCUT2D eigenvalue weighted by Gasteiger charge is -2.38. The van der Waals surface area contributed by atoms with Crippen molar-refractivity contribution in [1.82, 2.24) is 10.2 Å². The summed E-state index contributed by atoms with van der Waals surface area (Å²) in [6.07, 6.45) is 5.90. The predicted molar refractivity (Wildman–Crippen MR) is 102 cm³/mol. The van der Waals surface area contributed by atoms with Gasteiger partial charge in [-0.3, -0.25) is 4.79 Å². The lowest BCUT2D eigenvalue weighted by Crippen LogP contribution is -2.49. The van der Waals surface area contributed by atoms with Crippen LogP contribution in [-0.4, -0.2) is 54.9 Å². The molecule has 0 unspecified atom stereocenters. The number of methoxy groups -OCH3 is 1. The first-order chi connectivity index (χ1) is 12.5. The van der Waals surface area contributed by atoms with Crippen molar-refractivity contribution < 1.29 is 14.6 Å². The van der Waals surface area contributed by atoms with Crippen LogP contribution in [0.4, 0.5) is 0 Å². The third kappa shape index (κ3) is 4.27. The number of nitrogens with zero attached hydrogens (tertiary/aromatic N) is 1. The van der Waals surface area contributed by atoms with E-state index >= 15 is 0 Å². The SMILES string of the molecule is COC[C@@H]1c2cccc(C)c2CCN1C(=O)CNCC1(O)CCCCC1. The number of aliphatic hydroxyl groups is 1. The third-order valence-electron chi connectivity index (χ3n) is 5.94. The van der Waals surface area contributed by atoms with E-state index in [9.17, 15) is 9.90 Å². The molecule has 5 heteroatoms. The molecule has 1 amide bonds. The van der Waals surface area contributed by atoms with E-state index < -0.39 is 5.60 Å². The van der Waals surface area contributed by atoms with Crippen LogP contribution in [0.15, 0.2) is 18.2 Å². The van der Waals surface area contributed by atoms with Crippen LogP contribution in [0.5, 0.6) is 0 Å². The molecule has 0 saturated heterocycles. The van der Waals surface area contributed by atoms with E-state index in [0.717, 1.165) is 38.6 Å². The summed E-state index contributed by atoms with van der Waals surface area (Å²) in [5, 5.41) is 13.8. The number of hydrogen-bond acceptors (Lipinski definition) is 4. The first kappa shape index (κ1) is 19.3. The van der Waals surface area contributed by atoms with Gasteiger partial charge in [0, 0.05) is 20.2 Å². The van der Waals surface area contributed by atoms with Gasteiger partial charge in [-0.25, -0.2) is 0 Å². The summed E-state index contributed by atoms with van der Waals surface area (Å²) in [5.74, 6) is 0.0821. The number of benzene rings is 1. The zero-order chi connectivity index (χ0) is 18.6. The lowest BCUT2D eigenvalue weighted by atomic mass is 9.85. The van der Waals surface area contributed by atoms with Crippen LogP contribution in [0.25, 0.3) is 0 Å². The molecule has 3 rings (SSSR count). The largest absolute Gasteiger partial charge is 0.389 e. The molecule has 0 bridgehead atoms. The van der Waals surface area contributed by atoms with Gasteiger partial charge in [0.1, 0.15) is 0 Å². The Hall–Kier alpha value is -1.43. The molecule has 2 N–H and O–H groups in total. The first-order valence-electron chi connectivity index (χ1n) is 9.84. The highest BCUT2D eigenvalue weighted by molar-refractivity contribution is 5.79. The van der Waals surface area contributed by atoms with Gasteiger partial charge in [0.2, 0.25) is 5.91 Å². The molecule has 5 nitrogen and oxygen atoms in total. The number of hydrogen-bond donors (Lipinski definition) is 2. The van der Waals surface area contributed by atoms with Gasteiger partial charge in [-0.15, -0.1) is 0 Å². The molecule has 0 spiro atoms. The van der Waals surface area contributed by atoms with E-state index in [1.54, 1.807) is 7.11 Å². The Bertz CT molecular complexity index is 626. The van der Waals surface area contributed by atoms with Gasteiger partial charge in [-0.05, 0) is 42.9 Å². The molecular weight excluding hydrogens is 328 g/mol. The van der Waals surface area contributed by atoms with Crippen molar-refractivity contribution in [2.45, 2.75) is 57.1 Å². The van der Waals surface area contributed by atoms with Crippen molar-refractivity contribution in [3.05, 3.63) is 34.9 Å². The van der Waals surface area contributed by atoms with Gasteiger partial charge in [-0.1, -0.05) is 37.5 Å². The summed E-state index contributed by atoms with van der Waals surface area (Å²) in [4.78, 5) is 14.8. The average Bonchev–Trinajstić information content (AvgIpc) is 2.63. The quantitative estimate of drug-likeness (QED) is 0.817. The van der Waals surface area contributed by atoms with Crippen molar-refractivity contribution in [3.8, 4) is 0 Å². The fourth-order valence-electron chi connectivity index (χ4n) is 4.46. The maximum atomic E-state index is 12.9. The van der Waals surface area contributed by atoms with Crippen LogP contribution < -0.4 is 5.32 Å². The van der Waals surface area contributed by atoms with Crippen molar-refractivity contribution >= 4 is 5.91 Å². The van der Waals surface area contributed by atoms with E-state index in [-0.39, 0.29) is 18.5 Å². The number of fused-ring (bicyclic) bond motifs is 1. The number of nitrogens with one attached hydrogen (secondary N) is 1. The Morgan fingerprint density at radius 1 is 1.35 bits per heavy atom. The lowest BCUT2D eigenvalue weighted by molar-refractivity contribution is -0.134. The number of rotatable bonds is 6. The summed E-state index contributed by atoms with van der Waals surface area (Å²) in [6, 6.07) is 6.27. The minimum Gasteiger partial charge on any atom is -0.389 e. The van der Waals surface area contributed by atoms with E-state index in [4.69, 9.17) is 4.74 Å². The number of ether oxygens (including phenoxy) is 1. The molecule has 1 aromatic carbocycles.